The SMILES string of the molecule is O=C(COC(=O)c1ccc(-n2cccc2)cc1)NC(c1ccc(F)cc1)c1cccs1. The van der Waals surface area contributed by atoms with Gasteiger partial charge in [-0.05, 0) is 65.5 Å². The number of hydrogen-bond acceptors (Lipinski definition) is 4. The lowest BCUT2D eigenvalue weighted by atomic mass is 10.1. The molecule has 4 aromatic rings. The number of nitrogens with one attached hydrogen (secondary N) is 1. The van der Waals surface area contributed by atoms with Crippen molar-refractivity contribution in [2.45, 2.75) is 6.04 Å². The number of aromatic nitrogens is 1. The van der Waals surface area contributed by atoms with Gasteiger partial charge in [0.05, 0.1) is 11.6 Å². The van der Waals surface area contributed by atoms with Crippen LogP contribution in [0.25, 0.3) is 5.69 Å². The molecule has 0 radical (unpaired) electrons. The Balaban J connectivity index is 1.38. The molecule has 0 saturated heterocycles. The molecule has 0 bridgehead atoms. The number of benzene rings is 2. The average Bonchev–Trinajstić information content (AvgIpc) is 3.51. The predicted molar refractivity (Wildman–Crippen MR) is 117 cm³/mol. The van der Waals surface area contributed by atoms with Crippen LogP contribution in [0.2, 0.25) is 0 Å². The number of amides is 1. The van der Waals surface area contributed by atoms with Gasteiger partial charge in [-0.25, -0.2) is 9.18 Å². The number of hydrogen-bond donors (Lipinski definition) is 1. The lowest BCUT2D eigenvalue weighted by molar-refractivity contribution is -0.124. The van der Waals surface area contributed by atoms with Crippen LogP contribution in [-0.2, 0) is 9.53 Å². The van der Waals surface area contributed by atoms with E-state index in [-0.39, 0.29) is 5.82 Å². The van der Waals surface area contributed by atoms with E-state index in [1.807, 2.05) is 46.6 Å². The number of thiophene rings is 1. The number of carbonyl (C=O) groups excluding carboxylic acids is 2. The Bertz CT molecular complexity index is 1140. The molecular formula is C24H19FN2O3S. The largest absolute Gasteiger partial charge is 0.452 e. The highest BCUT2D eigenvalue weighted by atomic mass is 32.1. The first-order chi connectivity index (χ1) is 15.1. The number of halogens is 1. The van der Waals surface area contributed by atoms with Crippen molar-refractivity contribution >= 4 is 23.2 Å². The van der Waals surface area contributed by atoms with E-state index in [4.69, 9.17) is 4.74 Å². The topological polar surface area (TPSA) is 60.3 Å². The van der Waals surface area contributed by atoms with E-state index >= 15 is 0 Å². The Morgan fingerprint density at radius 1 is 0.968 bits per heavy atom. The van der Waals surface area contributed by atoms with Crippen LogP contribution in [0.3, 0.4) is 0 Å². The molecule has 4 rings (SSSR count). The zero-order valence-corrected chi connectivity index (χ0v) is 17.2. The molecule has 1 N–H and O–H groups in total. The van der Waals surface area contributed by atoms with Crippen molar-refractivity contribution in [3.63, 3.8) is 0 Å². The summed E-state index contributed by atoms with van der Waals surface area (Å²) >= 11 is 1.48. The highest BCUT2D eigenvalue weighted by Crippen LogP contribution is 2.26. The summed E-state index contributed by atoms with van der Waals surface area (Å²) in [4.78, 5) is 25.7. The lowest BCUT2D eigenvalue weighted by Crippen LogP contribution is -2.32. The minimum absolute atomic E-state index is 0.350. The normalized spacial score (nSPS) is 11.6. The van der Waals surface area contributed by atoms with Crippen LogP contribution in [0.15, 0.2) is 90.6 Å². The van der Waals surface area contributed by atoms with Gasteiger partial charge < -0.3 is 14.6 Å². The van der Waals surface area contributed by atoms with Crippen molar-refractivity contribution in [1.82, 2.24) is 9.88 Å². The van der Waals surface area contributed by atoms with Gasteiger partial charge in [-0.1, -0.05) is 18.2 Å². The molecule has 5 nitrogen and oxygen atoms in total. The van der Waals surface area contributed by atoms with E-state index in [1.54, 1.807) is 36.4 Å². The van der Waals surface area contributed by atoms with Gasteiger partial charge in [0.1, 0.15) is 5.82 Å². The van der Waals surface area contributed by atoms with Gasteiger partial charge in [0.2, 0.25) is 0 Å². The molecule has 0 aliphatic carbocycles. The highest BCUT2D eigenvalue weighted by Gasteiger charge is 2.19. The molecule has 0 aliphatic rings. The first kappa shape index (κ1) is 20.6. The molecule has 0 aliphatic heterocycles. The van der Waals surface area contributed by atoms with Crippen LogP contribution >= 0.6 is 11.3 Å². The van der Waals surface area contributed by atoms with Gasteiger partial charge >= 0.3 is 5.97 Å². The summed E-state index contributed by atoms with van der Waals surface area (Å²) in [5, 5.41) is 4.76. The van der Waals surface area contributed by atoms with Crippen molar-refractivity contribution in [1.29, 1.82) is 0 Å². The molecule has 31 heavy (non-hydrogen) atoms. The van der Waals surface area contributed by atoms with E-state index in [2.05, 4.69) is 5.32 Å². The average molecular weight is 434 g/mol. The molecular weight excluding hydrogens is 415 g/mol. The fourth-order valence-electron chi connectivity index (χ4n) is 3.12. The minimum Gasteiger partial charge on any atom is -0.452 e. The van der Waals surface area contributed by atoms with Crippen molar-refractivity contribution in [2.24, 2.45) is 0 Å². The molecule has 0 saturated carbocycles. The van der Waals surface area contributed by atoms with Crippen LogP contribution in [-0.4, -0.2) is 23.1 Å². The zero-order valence-electron chi connectivity index (χ0n) is 16.4. The molecule has 0 spiro atoms. The molecule has 156 valence electrons. The Kier molecular flexibility index (Phi) is 6.24. The quantitative estimate of drug-likeness (QED) is 0.428. The number of ether oxygens (including phenoxy) is 1. The van der Waals surface area contributed by atoms with Crippen molar-refractivity contribution in [3.05, 3.63) is 112 Å². The maximum atomic E-state index is 13.3. The maximum Gasteiger partial charge on any atom is 0.338 e. The molecule has 7 heteroatoms. The zero-order chi connectivity index (χ0) is 21.6. The number of rotatable bonds is 7. The van der Waals surface area contributed by atoms with Gasteiger partial charge in [-0.15, -0.1) is 11.3 Å². The van der Waals surface area contributed by atoms with Crippen LogP contribution in [0.4, 0.5) is 4.39 Å². The van der Waals surface area contributed by atoms with E-state index in [1.165, 1.54) is 23.5 Å². The number of carbonyl (C=O) groups is 2. The monoisotopic (exact) mass is 434 g/mol. The Morgan fingerprint density at radius 3 is 2.32 bits per heavy atom. The number of nitrogens with zero attached hydrogens (tertiary/aromatic N) is 1. The number of esters is 1. The maximum absolute atomic E-state index is 13.3. The fourth-order valence-corrected chi connectivity index (χ4v) is 3.93. The second kappa shape index (κ2) is 9.40. The standard InChI is InChI=1S/C24H19FN2O3S/c25-19-9-5-17(6-10-19)23(21-4-3-15-31-21)26-22(28)16-30-24(29)18-7-11-20(12-8-18)27-13-1-2-14-27/h1-15,23H,16H2,(H,26,28). The molecule has 0 fully saturated rings. The van der Waals surface area contributed by atoms with Crippen LogP contribution in [0.5, 0.6) is 0 Å². The third kappa shape index (κ3) is 5.07. The Morgan fingerprint density at radius 2 is 1.68 bits per heavy atom. The van der Waals surface area contributed by atoms with Crippen molar-refractivity contribution in [2.75, 3.05) is 6.61 Å². The van der Waals surface area contributed by atoms with Gasteiger partial charge in [0.15, 0.2) is 6.61 Å². The first-order valence-electron chi connectivity index (χ1n) is 9.59. The molecule has 1 atom stereocenters. The summed E-state index contributed by atoms with van der Waals surface area (Å²) in [6.45, 7) is -0.415. The predicted octanol–water partition coefficient (Wildman–Crippen LogP) is 4.74. The van der Waals surface area contributed by atoms with E-state index in [9.17, 15) is 14.0 Å². The molecule has 2 aromatic carbocycles. The molecule has 1 amide bonds. The minimum atomic E-state index is -0.580. The second-order valence-electron chi connectivity index (χ2n) is 6.78. The van der Waals surface area contributed by atoms with Crippen molar-refractivity contribution in [3.8, 4) is 5.69 Å². The third-order valence-corrected chi connectivity index (χ3v) is 5.61. The molecule has 2 aromatic heterocycles. The summed E-state index contributed by atoms with van der Waals surface area (Å²) in [6.07, 6.45) is 3.81. The molecule has 2 heterocycles. The third-order valence-electron chi connectivity index (χ3n) is 4.68. The van der Waals surface area contributed by atoms with Gasteiger partial charge in [0, 0.05) is 23.0 Å². The van der Waals surface area contributed by atoms with Gasteiger partial charge in [-0.2, -0.15) is 0 Å². The fraction of sp³-hybridized carbons (Fsp3) is 0.0833. The Hall–Kier alpha value is -3.71. The second-order valence-corrected chi connectivity index (χ2v) is 7.76. The van der Waals surface area contributed by atoms with E-state index < -0.39 is 24.5 Å². The summed E-state index contributed by atoms with van der Waals surface area (Å²) in [6, 6.07) is 20.0. The first-order valence-corrected chi connectivity index (χ1v) is 10.5. The van der Waals surface area contributed by atoms with Crippen LogP contribution in [0, 0.1) is 5.82 Å². The Labute approximate surface area is 182 Å². The van der Waals surface area contributed by atoms with Crippen LogP contribution in [0.1, 0.15) is 26.8 Å². The highest BCUT2D eigenvalue weighted by molar-refractivity contribution is 7.10. The van der Waals surface area contributed by atoms with Crippen LogP contribution < -0.4 is 5.32 Å². The summed E-state index contributed by atoms with van der Waals surface area (Å²) in [5.41, 5.74) is 2.01. The van der Waals surface area contributed by atoms with E-state index in [0.717, 1.165) is 16.1 Å². The summed E-state index contributed by atoms with van der Waals surface area (Å²) in [7, 11) is 0. The van der Waals surface area contributed by atoms with E-state index in [0.29, 0.717) is 5.56 Å². The molecule has 1 unspecified atom stereocenters. The van der Waals surface area contributed by atoms with Gasteiger partial charge in [-0.3, -0.25) is 4.79 Å². The summed E-state index contributed by atoms with van der Waals surface area (Å²) in [5.74, 6) is -1.37. The summed E-state index contributed by atoms with van der Waals surface area (Å²) < 4.78 is 20.4. The smallest absolute Gasteiger partial charge is 0.338 e. The van der Waals surface area contributed by atoms with Crippen molar-refractivity contribution < 1.29 is 18.7 Å². The van der Waals surface area contributed by atoms with Gasteiger partial charge in [0.25, 0.3) is 5.91 Å². The lowest BCUT2D eigenvalue weighted by Gasteiger charge is -2.18.